The van der Waals surface area contributed by atoms with Crippen LogP contribution in [0.3, 0.4) is 0 Å². The highest BCUT2D eigenvalue weighted by atomic mass is 14.9. The number of nitrogens with one attached hydrogen (secondary N) is 1. The Labute approximate surface area is 118 Å². The van der Waals surface area contributed by atoms with Gasteiger partial charge in [-0.25, -0.2) is 0 Å². The van der Waals surface area contributed by atoms with Gasteiger partial charge in [-0.3, -0.25) is 0 Å². The largest absolute Gasteiger partial charge is 0.310 e. The number of hydrogen-bond donors (Lipinski definition) is 1. The van der Waals surface area contributed by atoms with Gasteiger partial charge < -0.3 is 5.32 Å². The molecule has 0 aliphatic heterocycles. The molecular weight excluding hydrogens is 230 g/mol. The van der Waals surface area contributed by atoms with E-state index < -0.39 is 0 Å². The molecule has 0 radical (unpaired) electrons. The lowest BCUT2D eigenvalue weighted by atomic mass is 9.81. The maximum Gasteiger partial charge on any atom is 0.0332 e. The maximum absolute atomic E-state index is 5.43. The molecule has 0 bridgehead atoms. The summed E-state index contributed by atoms with van der Waals surface area (Å²) in [5.41, 5.74) is 2.98. The van der Waals surface area contributed by atoms with Gasteiger partial charge in [0.2, 0.25) is 0 Å². The molecular formula is C18H27N. The third-order valence-electron chi connectivity index (χ3n) is 3.36. The monoisotopic (exact) mass is 257 g/mol. The smallest absolute Gasteiger partial charge is 0.0332 e. The van der Waals surface area contributed by atoms with Gasteiger partial charge in [0.05, 0.1) is 0 Å². The molecule has 0 aliphatic rings. The van der Waals surface area contributed by atoms with E-state index in [0.717, 1.165) is 25.8 Å². The van der Waals surface area contributed by atoms with Crippen molar-refractivity contribution in [3.63, 3.8) is 0 Å². The zero-order chi connectivity index (χ0) is 14.3. The van der Waals surface area contributed by atoms with E-state index in [4.69, 9.17) is 6.42 Å². The highest BCUT2D eigenvalue weighted by Crippen LogP contribution is 2.31. The molecule has 1 atom stereocenters. The first kappa shape index (κ1) is 15.8. The molecule has 104 valence electrons. The van der Waals surface area contributed by atoms with Crippen LogP contribution in [0, 0.1) is 12.3 Å². The Morgan fingerprint density at radius 1 is 1.26 bits per heavy atom. The second kappa shape index (κ2) is 7.36. The van der Waals surface area contributed by atoms with Gasteiger partial charge >= 0.3 is 0 Å². The molecule has 1 N–H and O–H groups in total. The fourth-order valence-corrected chi connectivity index (χ4v) is 2.40. The summed E-state index contributed by atoms with van der Waals surface area (Å²) in [4.78, 5) is 0. The summed E-state index contributed by atoms with van der Waals surface area (Å²) in [6.07, 6.45) is 8.40. The Morgan fingerprint density at radius 2 is 1.95 bits per heavy atom. The van der Waals surface area contributed by atoms with Crippen LogP contribution in [0.1, 0.15) is 64.1 Å². The van der Waals surface area contributed by atoms with Crippen LogP contribution in [0.15, 0.2) is 24.3 Å². The van der Waals surface area contributed by atoms with Crippen LogP contribution in [-0.4, -0.2) is 6.54 Å². The highest BCUT2D eigenvalue weighted by molar-refractivity contribution is 5.35. The molecule has 0 fully saturated rings. The lowest BCUT2D eigenvalue weighted by molar-refractivity contribution is 0.486. The Hall–Kier alpha value is -1.26. The van der Waals surface area contributed by atoms with Crippen LogP contribution in [0.2, 0.25) is 0 Å². The Bertz CT molecular complexity index is 420. The van der Waals surface area contributed by atoms with Crippen molar-refractivity contribution in [3.05, 3.63) is 35.4 Å². The Kier molecular flexibility index (Phi) is 6.12. The van der Waals surface area contributed by atoms with Crippen molar-refractivity contribution < 1.29 is 0 Å². The summed E-state index contributed by atoms with van der Waals surface area (Å²) < 4.78 is 0. The topological polar surface area (TPSA) is 12.0 Å². The summed E-state index contributed by atoms with van der Waals surface area (Å²) in [5, 5.41) is 3.64. The minimum atomic E-state index is 0.166. The van der Waals surface area contributed by atoms with Crippen LogP contribution in [0.4, 0.5) is 0 Å². The predicted molar refractivity (Wildman–Crippen MR) is 84.2 cm³/mol. The summed E-state index contributed by atoms with van der Waals surface area (Å²) in [7, 11) is 0. The van der Waals surface area contributed by atoms with Crippen LogP contribution in [0.5, 0.6) is 0 Å². The third-order valence-corrected chi connectivity index (χ3v) is 3.36. The molecule has 1 unspecified atom stereocenters. The van der Waals surface area contributed by atoms with E-state index >= 15 is 0 Å². The van der Waals surface area contributed by atoms with E-state index in [-0.39, 0.29) is 5.41 Å². The van der Waals surface area contributed by atoms with Gasteiger partial charge in [-0.05, 0) is 35.9 Å². The number of benzene rings is 1. The maximum atomic E-state index is 5.43. The molecule has 0 heterocycles. The van der Waals surface area contributed by atoms with Crippen molar-refractivity contribution in [1.82, 2.24) is 5.32 Å². The molecule has 1 heteroatoms. The lowest BCUT2D eigenvalue weighted by Crippen LogP contribution is -2.25. The van der Waals surface area contributed by atoms with E-state index in [1.807, 2.05) is 0 Å². The average molecular weight is 257 g/mol. The SMILES string of the molecule is C#CCCC(NCCC)c1ccccc1C(C)(C)C. The molecule has 0 saturated carbocycles. The molecule has 1 nitrogen and oxygen atoms in total. The first-order valence-corrected chi connectivity index (χ1v) is 7.27. The van der Waals surface area contributed by atoms with Crippen molar-refractivity contribution in [2.24, 2.45) is 0 Å². The lowest BCUT2D eigenvalue weighted by Gasteiger charge is -2.28. The second-order valence-corrected chi connectivity index (χ2v) is 6.09. The van der Waals surface area contributed by atoms with Gasteiger partial charge in [0, 0.05) is 12.5 Å². The van der Waals surface area contributed by atoms with Gasteiger partial charge in [0.25, 0.3) is 0 Å². The minimum absolute atomic E-state index is 0.166. The van der Waals surface area contributed by atoms with E-state index in [9.17, 15) is 0 Å². The molecule has 0 amide bonds. The van der Waals surface area contributed by atoms with Gasteiger partial charge in [0.15, 0.2) is 0 Å². The molecule has 1 rings (SSSR count). The predicted octanol–water partition coefficient (Wildman–Crippen LogP) is 4.44. The van der Waals surface area contributed by atoms with Gasteiger partial charge in [-0.2, -0.15) is 0 Å². The van der Waals surface area contributed by atoms with Crippen molar-refractivity contribution in [3.8, 4) is 12.3 Å². The van der Waals surface area contributed by atoms with Crippen molar-refractivity contribution >= 4 is 0 Å². The zero-order valence-corrected chi connectivity index (χ0v) is 12.8. The number of rotatable bonds is 6. The number of hydrogen-bond acceptors (Lipinski definition) is 1. The van der Waals surface area contributed by atoms with Crippen LogP contribution >= 0.6 is 0 Å². The molecule has 19 heavy (non-hydrogen) atoms. The first-order valence-electron chi connectivity index (χ1n) is 7.27. The first-order chi connectivity index (χ1) is 9.00. The quantitative estimate of drug-likeness (QED) is 0.743. The van der Waals surface area contributed by atoms with E-state index in [1.165, 1.54) is 11.1 Å². The zero-order valence-electron chi connectivity index (χ0n) is 12.8. The Balaban J connectivity index is 3.04. The highest BCUT2D eigenvalue weighted by Gasteiger charge is 2.21. The van der Waals surface area contributed by atoms with Crippen molar-refractivity contribution in [2.45, 2.75) is 58.4 Å². The standard InChI is InChI=1S/C18H27N/c1-6-8-13-17(19-14-7-2)15-11-9-10-12-16(15)18(3,4)5/h1,9-12,17,19H,7-8,13-14H2,2-5H3. The fraction of sp³-hybridized carbons (Fsp3) is 0.556. The molecule has 0 spiro atoms. The molecule has 0 aliphatic carbocycles. The summed E-state index contributed by atoms with van der Waals surface area (Å²) >= 11 is 0. The molecule has 0 saturated heterocycles. The van der Waals surface area contributed by atoms with Crippen molar-refractivity contribution in [2.75, 3.05) is 6.54 Å². The van der Waals surface area contributed by atoms with Crippen LogP contribution in [-0.2, 0) is 5.41 Å². The number of terminal acetylenes is 1. The van der Waals surface area contributed by atoms with Crippen molar-refractivity contribution in [1.29, 1.82) is 0 Å². The minimum Gasteiger partial charge on any atom is -0.310 e. The molecule has 1 aromatic rings. The second-order valence-electron chi connectivity index (χ2n) is 6.09. The summed E-state index contributed by atoms with van der Waals surface area (Å²) in [6.45, 7) is 10.0. The Morgan fingerprint density at radius 3 is 2.53 bits per heavy atom. The molecule has 1 aromatic carbocycles. The average Bonchev–Trinajstić information content (AvgIpc) is 2.38. The van der Waals surface area contributed by atoms with E-state index in [2.05, 4.69) is 63.2 Å². The van der Waals surface area contributed by atoms with Gasteiger partial charge in [-0.15, -0.1) is 12.3 Å². The van der Waals surface area contributed by atoms with Crippen LogP contribution < -0.4 is 5.32 Å². The third kappa shape index (κ3) is 4.73. The van der Waals surface area contributed by atoms with Gasteiger partial charge in [-0.1, -0.05) is 52.0 Å². The molecule has 0 aromatic heterocycles. The fourth-order valence-electron chi connectivity index (χ4n) is 2.40. The normalized spacial score (nSPS) is 13.0. The summed E-state index contributed by atoms with van der Waals surface area (Å²) in [5.74, 6) is 2.76. The van der Waals surface area contributed by atoms with E-state index in [0.29, 0.717) is 6.04 Å². The van der Waals surface area contributed by atoms with E-state index in [1.54, 1.807) is 0 Å². The van der Waals surface area contributed by atoms with Gasteiger partial charge in [0.1, 0.15) is 0 Å². The summed E-state index contributed by atoms with van der Waals surface area (Å²) in [6, 6.07) is 9.10. The van der Waals surface area contributed by atoms with Crippen LogP contribution in [0.25, 0.3) is 0 Å².